The molecule has 0 saturated carbocycles. The summed E-state index contributed by atoms with van der Waals surface area (Å²) in [6.07, 6.45) is -2.20. The summed E-state index contributed by atoms with van der Waals surface area (Å²) in [5, 5.41) is 13.1. The minimum absolute atomic E-state index is 0.0502. The van der Waals surface area contributed by atoms with Crippen LogP contribution in [0, 0.1) is 11.3 Å². The number of carbonyl (C=O) groups is 1. The molecule has 10 heteroatoms. The van der Waals surface area contributed by atoms with Crippen molar-refractivity contribution in [2.24, 2.45) is 0 Å². The lowest BCUT2D eigenvalue weighted by Gasteiger charge is -2.21. The van der Waals surface area contributed by atoms with Crippen LogP contribution in [-0.2, 0) is 17.6 Å². The molecule has 216 valence electrons. The molecular formula is C31H32F3N3O4. The highest BCUT2D eigenvalue weighted by Crippen LogP contribution is 2.33. The van der Waals surface area contributed by atoms with E-state index in [9.17, 15) is 23.2 Å². The first-order chi connectivity index (χ1) is 19.8. The zero-order valence-corrected chi connectivity index (χ0v) is 22.6. The van der Waals surface area contributed by atoms with Crippen LogP contribution in [0.3, 0.4) is 0 Å². The monoisotopic (exact) mass is 567 g/mol. The van der Waals surface area contributed by atoms with Crippen molar-refractivity contribution >= 4 is 11.7 Å². The van der Waals surface area contributed by atoms with Crippen molar-refractivity contribution in [3.05, 3.63) is 89.0 Å². The van der Waals surface area contributed by atoms with Gasteiger partial charge in [-0.15, -0.1) is 0 Å². The Kier molecular flexibility index (Phi) is 10.5. The lowest BCUT2D eigenvalue weighted by atomic mass is 10.0. The van der Waals surface area contributed by atoms with E-state index >= 15 is 0 Å². The minimum Gasteiger partial charge on any atom is -0.488 e. The highest BCUT2D eigenvalue weighted by Gasteiger charge is 2.29. The third-order valence-electron chi connectivity index (χ3n) is 6.52. The highest BCUT2D eigenvalue weighted by atomic mass is 19.4. The number of para-hydroxylation sites is 2. The van der Waals surface area contributed by atoms with E-state index in [-0.39, 0.29) is 24.1 Å². The first kappa shape index (κ1) is 29.7. The summed E-state index contributed by atoms with van der Waals surface area (Å²) < 4.78 is 53.2. The van der Waals surface area contributed by atoms with Crippen molar-refractivity contribution in [2.75, 3.05) is 50.9 Å². The molecule has 1 N–H and O–H groups in total. The zero-order chi connectivity index (χ0) is 29.1. The maximum atomic E-state index is 12.5. The van der Waals surface area contributed by atoms with Gasteiger partial charge >= 0.3 is 12.1 Å². The molecule has 7 nitrogen and oxygen atoms in total. The Hall–Kier alpha value is -4.23. The molecule has 0 unspecified atom stereocenters. The topological polar surface area (TPSA) is 83.8 Å². The van der Waals surface area contributed by atoms with Gasteiger partial charge in [-0.05, 0) is 67.3 Å². The Morgan fingerprint density at radius 3 is 2.44 bits per heavy atom. The van der Waals surface area contributed by atoms with Gasteiger partial charge in [0.05, 0.1) is 23.4 Å². The molecule has 3 aromatic rings. The molecule has 0 fully saturated rings. The number of nitrogens with zero attached hydrogens (tertiary/aromatic N) is 2. The number of benzene rings is 3. The molecule has 0 spiro atoms. The molecule has 1 aliphatic heterocycles. The van der Waals surface area contributed by atoms with Crippen molar-refractivity contribution < 1.29 is 32.2 Å². The van der Waals surface area contributed by atoms with E-state index < -0.39 is 12.8 Å². The Balaban J connectivity index is 1.20. The van der Waals surface area contributed by atoms with Crippen LogP contribution in [0.4, 0.5) is 18.9 Å². The number of nitrogens with one attached hydrogen (secondary N) is 1. The van der Waals surface area contributed by atoms with Gasteiger partial charge in [0.1, 0.15) is 12.7 Å². The van der Waals surface area contributed by atoms with Crippen molar-refractivity contribution in [3.63, 3.8) is 0 Å². The molecule has 0 atom stereocenters. The predicted octanol–water partition coefficient (Wildman–Crippen LogP) is 5.32. The summed E-state index contributed by atoms with van der Waals surface area (Å²) >= 11 is 0. The number of carbonyl (C=O) groups excluding carboxylic acids is 1. The largest absolute Gasteiger partial charge is 0.488 e. The minimum atomic E-state index is -4.42. The molecule has 0 aliphatic carbocycles. The number of halogens is 3. The number of alkyl halides is 3. The summed E-state index contributed by atoms with van der Waals surface area (Å²) in [6, 6.07) is 21.5. The van der Waals surface area contributed by atoms with Crippen molar-refractivity contribution in [1.29, 1.82) is 5.26 Å². The number of rotatable bonds is 14. The Morgan fingerprint density at radius 1 is 0.976 bits per heavy atom. The predicted molar refractivity (Wildman–Crippen MR) is 148 cm³/mol. The maximum Gasteiger partial charge on any atom is 0.422 e. The number of anilines is 1. The van der Waals surface area contributed by atoms with Crippen LogP contribution in [0.25, 0.3) is 0 Å². The third-order valence-corrected chi connectivity index (χ3v) is 6.52. The van der Waals surface area contributed by atoms with Gasteiger partial charge in [-0.25, -0.2) is 4.79 Å². The fourth-order valence-corrected chi connectivity index (χ4v) is 4.66. The lowest BCUT2D eigenvalue weighted by Crippen LogP contribution is -2.24. The van der Waals surface area contributed by atoms with Crippen LogP contribution < -0.4 is 19.7 Å². The van der Waals surface area contributed by atoms with Crippen LogP contribution in [0.5, 0.6) is 11.5 Å². The molecular weight excluding hydrogens is 535 g/mol. The average Bonchev–Trinajstić information content (AvgIpc) is 3.38. The van der Waals surface area contributed by atoms with Gasteiger partial charge in [-0.3, -0.25) is 0 Å². The number of ether oxygens (including phenoxy) is 3. The van der Waals surface area contributed by atoms with Crippen LogP contribution in [0.1, 0.15) is 33.5 Å². The van der Waals surface area contributed by atoms with Crippen molar-refractivity contribution in [2.45, 2.75) is 25.4 Å². The second kappa shape index (κ2) is 14.4. The second-order valence-electron chi connectivity index (χ2n) is 9.55. The summed E-state index contributed by atoms with van der Waals surface area (Å²) in [5.41, 5.74) is 4.31. The molecule has 4 rings (SSSR count). The molecule has 1 aliphatic rings. The second-order valence-corrected chi connectivity index (χ2v) is 9.55. The standard InChI is InChI=1S/C31H32F3N3O4/c32-31(33,34)22-41-28-10-5-4-9-27(28)39-18-14-36-13-11-23-19-25-12-16-37(29(25)26(20-23)21-35)15-6-17-40-30(38)24-7-2-1-3-8-24/h1-5,7-10,19-20,36H,6,11-18,22H2. The van der Waals surface area contributed by atoms with Gasteiger partial charge in [-0.1, -0.05) is 36.4 Å². The van der Waals surface area contributed by atoms with Gasteiger partial charge in [0.25, 0.3) is 0 Å². The van der Waals surface area contributed by atoms with Gasteiger partial charge in [0.15, 0.2) is 18.1 Å². The summed E-state index contributed by atoms with van der Waals surface area (Å²) in [5.74, 6) is -0.0290. The normalized spacial score (nSPS) is 12.5. The highest BCUT2D eigenvalue weighted by molar-refractivity contribution is 5.89. The third kappa shape index (κ3) is 8.88. The maximum absolute atomic E-state index is 12.5. The summed E-state index contributed by atoms with van der Waals surface area (Å²) in [7, 11) is 0. The van der Waals surface area contributed by atoms with Crippen LogP contribution >= 0.6 is 0 Å². The number of nitriles is 1. The zero-order valence-electron chi connectivity index (χ0n) is 22.6. The van der Waals surface area contributed by atoms with E-state index in [0.29, 0.717) is 50.2 Å². The van der Waals surface area contributed by atoms with E-state index in [1.165, 1.54) is 6.07 Å². The van der Waals surface area contributed by atoms with Crippen LogP contribution in [0.2, 0.25) is 0 Å². The SMILES string of the molecule is N#Cc1cc(CCNCCOc2ccccc2OCC(F)(F)F)cc2c1N(CCCOC(=O)c1ccccc1)CC2. The molecule has 0 amide bonds. The number of hydrogen-bond acceptors (Lipinski definition) is 7. The first-order valence-electron chi connectivity index (χ1n) is 13.5. The molecule has 0 radical (unpaired) electrons. The van der Waals surface area contributed by atoms with Crippen LogP contribution in [-0.4, -0.2) is 58.1 Å². The number of fused-ring (bicyclic) bond motifs is 1. The fraction of sp³-hybridized carbons (Fsp3) is 0.355. The Labute approximate surface area is 237 Å². The molecule has 3 aromatic carbocycles. The quantitative estimate of drug-likeness (QED) is 0.209. The van der Waals surface area contributed by atoms with E-state index in [4.69, 9.17) is 14.2 Å². The molecule has 0 bridgehead atoms. The fourth-order valence-electron chi connectivity index (χ4n) is 4.66. The van der Waals surface area contributed by atoms with Gasteiger partial charge in [0.2, 0.25) is 0 Å². The van der Waals surface area contributed by atoms with E-state index in [2.05, 4.69) is 22.4 Å². The lowest BCUT2D eigenvalue weighted by molar-refractivity contribution is -0.153. The summed E-state index contributed by atoms with van der Waals surface area (Å²) in [4.78, 5) is 14.3. The van der Waals surface area contributed by atoms with Gasteiger partial charge < -0.3 is 24.4 Å². The number of esters is 1. The molecule has 41 heavy (non-hydrogen) atoms. The molecule has 0 saturated heterocycles. The molecule has 1 heterocycles. The average molecular weight is 568 g/mol. The first-order valence-corrected chi connectivity index (χ1v) is 13.5. The smallest absolute Gasteiger partial charge is 0.422 e. The van der Waals surface area contributed by atoms with Gasteiger partial charge in [-0.2, -0.15) is 18.4 Å². The van der Waals surface area contributed by atoms with E-state index in [1.54, 1.807) is 42.5 Å². The van der Waals surface area contributed by atoms with E-state index in [1.807, 2.05) is 12.1 Å². The Morgan fingerprint density at radius 2 is 1.71 bits per heavy atom. The summed E-state index contributed by atoms with van der Waals surface area (Å²) in [6.45, 7) is 1.83. The molecule has 0 aromatic heterocycles. The van der Waals surface area contributed by atoms with Crippen LogP contribution in [0.15, 0.2) is 66.7 Å². The van der Waals surface area contributed by atoms with Crippen molar-refractivity contribution in [1.82, 2.24) is 5.32 Å². The number of hydrogen-bond donors (Lipinski definition) is 1. The van der Waals surface area contributed by atoms with Crippen molar-refractivity contribution in [3.8, 4) is 17.6 Å². The Bertz CT molecular complexity index is 1340. The van der Waals surface area contributed by atoms with E-state index in [0.717, 1.165) is 29.8 Å². The van der Waals surface area contributed by atoms with Gasteiger partial charge in [0, 0.05) is 19.6 Å².